The number of halogens is 4. The Morgan fingerprint density at radius 3 is 2.53 bits per heavy atom. The Labute approximate surface area is 192 Å². The van der Waals surface area contributed by atoms with Gasteiger partial charge in [0.25, 0.3) is 5.91 Å². The molecule has 1 aromatic heterocycles. The third-order valence-electron chi connectivity index (χ3n) is 4.85. The van der Waals surface area contributed by atoms with Gasteiger partial charge in [0.15, 0.2) is 17.4 Å². The monoisotopic (exact) mass is 492 g/mol. The fourth-order valence-corrected chi connectivity index (χ4v) is 3.22. The topological polar surface area (TPSA) is 119 Å². The van der Waals surface area contributed by atoms with Gasteiger partial charge in [0.2, 0.25) is 0 Å². The average molecular weight is 492 g/mol. The summed E-state index contributed by atoms with van der Waals surface area (Å²) < 4.78 is 58.9. The van der Waals surface area contributed by atoms with Crippen LogP contribution in [0.5, 0.6) is 0 Å². The Morgan fingerprint density at radius 1 is 1.21 bits per heavy atom. The minimum atomic E-state index is -3.27. The first-order chi connectivity index (χ1) is 16.2. The Morgan fingerprint density at radius 2 is 1.91 bits per heavy atom. The smallest absolute Gasteiger partial charge is 0.315 e. The number of furan rings is 1. The standard InChI is InChI=1S/C20H22F4N4O6.H2/c21-14-8-12(27(32)11-13(29)10-25-19(30)18(23)24)9-15(22)17(14)26-3-4-28(34-7-5-26)20(31)16-2-1-6-33-16;/h1-2,6,8-9,13,18,29,32H,3-5,7,10-11H2,(H,25,30);1H/t13-;/m0./s1. The normalized spacial score (nSPS) is 15.3. The zero-order valence-corrected chi connectivity index (χ0v) is 17.7. The lowest BCUT2D eigenvalue weighted by Crippen LogP contribution is -2.41. The number of nitrogens with one attached hydrogen (secondary N) is 1. The average Bonchev–Trinajstić information content (AvgIpc) is 3.22. The molecule has 10 nitrogen and oxygen atoms in total. The van der Waals surface area contributed by atoms with Gasteiger partial charge in [0.05, 0.1) is 37.8 Å². The fraction of sp³-hybridized carbons (Fsp3) is 0.400. The molecule has 2 aromatic rings. The number of nitrogens with zero attached hydrogens (tertiary/aromatic N) is 3. The van der Waals surface area contributed by atoms with Crippen LogP contribution in [0.1, 0.15) is 12.0 Å². The highest BCUT2D eigenvalue weighted by atomic mass is 19.3. The van der Waals surface area contributed by atoms with Crippen LogP contribution in [0.3, 0.4) is 0 Å². The molecule has 0 radical (unpaired) electrons. The van der Waals surface area contributed by atoms with Gasteiger partial charge in [-0.1, -0.05) is 0 Å². The Kier molecular flexibility index (Phi) is 8.31. The number of carbonyl (C=O) groups is 2. The number of aliphatic hydroxyl groups excluding tert-OH is 1. The number of benzene rings is 1. The van der Waals surface area contributed by atoms with E-state index in [2.05, 4.69) is 0 Å². The molecule has 0 bridgehead atoms. The number of carbonyl (C=O) groups excluding carboxylic acids is 2. The molecule has 1 aromatic carbocycles. The van der Waals surface area contributed by atoms with Gasteiger partial charge in [0, 0.05) is 33.2 Å². The summed E-state index contributed by atoms with van der Waals surface area (Å²) in [4.78, 5) is 29.9. The number of alkyl halides is 2. The molecule has 1 saturated heterocycles. The minimum absolute atomic E-state index is 0. The number of hydrogen-bond acceptors (Lipinski definition) is 8. The first-order valence-corrected chi connectivity index (χ1v) is 10.1. The molecule has 188 valence electrons. The maximum absolute atomic E-state index is 14.8. The molecular weight excluding hydrogens is 468 g/mol. The van der Waals surface area contributed by atoms with E-state index in [0.29, 0.717) is 5.06 Å². The summed E-state index contributed by atoms with van der Waals surface area (Å²) in [6.07, 6.45) is -3.45. The number of hydroxylamine groups is 3. The van der Waals surface area contributed by atoms with Gasteiger partial charge in [-0.2, -0.15) is 8.78 Å². The van der Waals surface area contributed by atoms with Crippen molar-refractivity contribution in [2.45, 2.75) is 12.5 Å². The molecule has 0 unspecified atom stereocenters. The van der Waals surface area contributed by atoms with Crippen LogP contribution in [0.25, 0.3) is 0 Å². The van der Waals surface area contributed by atoms with Crippen LogP contribution in [0, 0.1) is 11.6 Å². The molecule has 3 rings (SSSR count). The van der Waals surface area contributed by atoms with Crippen LogP contribution in [0.15, 0.2) is 34.9 Å². The van der Waals surface area contributed by atoms with E-state index in [0.717, 1.165) is 17.2 Å². The second-order valence-electron chi connectivity index (χ2n) is 7.24. The maximum Gasteiger partial charge on any atom is 0.315 e. The van der Waals surface area contributed by atoms with Crippen molar-refractivity contribution in [1.29, 1.82) is 0 Å². The van der Waals surface area contributed by atoms with Gasteiger partial charge >= 0.3 is 12.3 Å². The molecule has 34 heavy (non-hydrogen) atoms. The first kappa shape index (κ1) is 25.3. The van der Waals surface area contributed by atoms with Gasteiger partial charge in [-0.3, -0.25) is 24.7 Å². The van der Waals surface area contributed by atoms with Crippen molar-refractivity contribution < 1.29 is 48.1 Å². The van der Waals surface area contributed by atoms with E-state index < -0.39 is 54.8 Å². The zero-order chi connectivity index (χ0) is 24.8. The summed E-state index contributed by atoms with van der Waals surface area (Å²) in [5, 5.41) is 22.9. The van der Waals surface area contributed by atoms with Crippen molar-refractivity contribution in [3.05, 3.63) is 47.9 Å². The molecular formula is C20H24F4N4O6. The predicted molar refractivity (Wildman–Crippen MR) is 111 cm³/mol. The quantitative estimate of drug-likeness (QED) is 0.376. The second kappa shape index (κ2) is 11.2. The van der Waals surface area contributed by atoms with E-state index in [1.54, 1.807) is 5.32 Å². The Hall–Kier alpha value is -3.36. The van der Waals surface area contributed by atoms with E-state index in [9.17, 15) is 37.5 Å². The summed E-state index contributed by atoms with van der Waals surface area (Å²) >= 11 is 0. The van der Waals surface area contributed by atoms with Crippen LogP contribution in [-0.2, 0) is 9.63 Å². The number of rotatable bonds is 8. The predicted octanol–water partition coefficient (Wildman–Crippen LogP) is 1.64. The van der Waals surface area contributed by atoms with Crippen molar-refractivity contribution in [2.24, 2.45) is 0 Å². The van der Waals surface area contributed by atoms with Gasteiger partial charge in [-0.15, -0.1) is 0 Å². The SMILES string of the molecule is O=C(NC[C@H](O)CN(O)c1cc(F)c(N2CCON(C(=O)c3ccco3)CC2)c(F)c1)C(F)F.[HH]. The van der Waals surface area contributed by atoms with E-state index >= 15 is 0 Å². The van der Waals surface area contributed by atoms with Gasteiger partial charge < -0.3 is 19.7 Å². The van der Waals surface area contributed by atoms with E-state index in [4.69, 9.17) is 9.25 Å². The third kappa shape index (κ3) is 6.15. The summed E-state index contributed by atoms with van der Waals surface area (Å²) in [5.74, 6) is -4.15. The van der Waals surface area contributed by atoms with Crippen LogP contribution in [-0.4, -0.2) is 79.1 Å². The Balaban J connectivity index is 0.00000432. The summed E-state index contributed by atoms with van der Waals surface area (Å²) in [6.45, 7) is -1.20. The molecule has 0 spiro atoms. The lowest BCUT2D eigenvalue weighted by Gasteiger charge is -2.25. The van der Waals surface area contributed by atoms with Crippen LogP contribution < -0.4 is 15.3 Å². The largest absolute Gasteiger partial charge is 0.459 e. The first-order valence-electron chi connectivity index (χ1n) is 10.1. The van der Waals surface area contributed by atoms with Crippen molar-refractivity contribution in [3.8, 4) is 0 Å². The van der Waals surface area contributed by atoms with E-state index in [1.165, 1.54) is 23.3 Å². The van der Waals surface area contributed by atoms with Gasteiger partial charge in [0.1, 0.15) is 5.69 Å². The molecule has 2 amide bonds. The molecule has 3 N–H and O–H groups in total. The van der Waals surface area contributed by atoms with Crippen LogP contribution in [0.4, 0.5) is 28.9 Å². The highest BCUT2D eigenvalue weighted by Gasteiger charge is 2.27. The highest BCUT2D eigenvalue weighted by molar-refractivity contribution is 5.90. The number of anilines is 2. The fourth-order valence-electron chi connectivity index (χ4n) is 3.22. The summed E-state index contributed by atoms with van der Waals surface area (Å²) in [5.41, 5.74) is -0.753. The molecule has 2 heterocycles. The maximum atomic E-state index is 14.8. The van der Waals surface area contributed by atoms with Crippen LogP contribution >= 0.6 is 0 Å². The lowest BCUT2D eigenvalue weighted by molar-refractivity contribution is -0.132. The zero-order valence-electron chi connectivity index (χ0n) is 17.7. The Bertz CT molecular complexity index is 977. The molecule has 0 aliphatic carbocycles. The van der Waals surface area contributed by atoms with Crippen molar-refractivity contribution in [3.63, 3.8) is 0 Å². The number of aliphatic hydroxyl groups is 1. The van der Waals surface area contributed by atoms with Gasteiger partial charge in [-0.05, 0) is 12.1 Å². The van der Waals surface area contributed by atoms with Crippen LogP contribution in [0.2, 0.25) is 0 Å². The summed E-state index contributed by atoms with van der Waals surface area (Å²) in [7, 11) is 0. The number of amides is 2. The van der Waals surface area contributed by atoms with Crippen molar-refractivity contribution in [1.82, 2.24) is 10.4 Å². The van der Waals surface area contributed by atoms with E-state index in [-0.39, 0.29) is 39.1 Å². The summed E-state index contributed by atoms with van der Waals surface area (Å²) in [6, 6.07) is 4.63. The molecule has 14 heteroatoms. The highest BCUT2D eigenvalue weighted by Crippen LogP contribution is 2.29. The van der Waals surface area contributed by atoms with Crippen molar-refractivity contribution >= 4 is 23.2 Å². The van der Waals surface area contributed by atoms with Crippen molar-refractivity contribution in [2.75, 3.05) is 49.3 Å². The molecule has 1 aliphatic rings. The van der Waals surface area contributed by atoms with Gasteiger partial charge in [-0.25, -0.2) is 13.8 Å². The molecule has 1 atom stereocenters. The second-order valence-corrected chi connectivity index (χ2v) is 7.24. The number of hydrogen-bond donors (Lipinski definition) is 3. The lowest BCUT2D eigenvalue weighted by atomic mass is 10.2. The molecule has 0 saturated carbocycles. The molecule has 1 fully saturated rings. The van der Waals surface area contributed by atoms with E-state index in [1.807, 2.05) is 0 Å². The third-order valence-corrected chi connectivity index (χ3v) is 4.85. The minimum Gasteiger partial charge on any atom is -0.459 e. The molecule has 1 aliphatic heterocycles.